The Hall–Kier alpha value is -1.84. The summed E-state index contributed by atoms with van der Waals surface area (Å²) >= 11 is 0. The van der Waals surface area contributed by atoms with E-state index in [0.29, 0.717) is 17.9 Å². The first-order chi connectivity index (χ1) is 8.36. The van der Waals surface area contributed by atoms with Crippen LogP contribution in [0.4, 0.5) is 0 Å². The highest BCUT2D eigenvalue weighted by Gasteiger charge is 2.31. The van der Waals surface area contributed by atoms with Gasteiger partial charge in [0.05, 0.1) is 6.61 Å². The van der Waals surface area contributed by atoms with Gasteiger partial charge in [0.1, 0.15) is 5.75 Å². The molecule has 4 nitrogen and oxygen atoms in total. The molecule has 0 heterocycles. The van der Waals surface area contributed by atoms with E-state index in [4.69, 9.17) is 9.47 Å². The molecular weight excluding hydrogens is 232 g/mol. The molecule has 0 N–H and O–H groups in total. The van der Waals surface area contributed by atoms with E-state index in [9.17, 15) is 9.59 Å². The van der Waals surface area contributed by atoms with Gasteiger partial charge in [-0.2, -0.15) is 0 Å². The Bertz CT molecular complexity index is 432. The SMILES string of the molecule is CCOC(=O)C(C)(C)Oc1ccc(C(C)=O)cc1. The molecule has 0 saturated carbocycles. The van der Waals surface area contributed by atoms with E-state index in [1.807, 2.05) is 0 Å². The number of Topliss-reactive ketones (excluding diaryl/α,β-unsaturated/α-hetero) is 1. The summed E-state index contributed by atoms with van der Waals surface area (Å²) in [5.41, 5.74) is -0.440. The zero-order valence-electron chi connectivity index (χ0n) is 11.1. The van der Waals surface area contributed by atoms with Gasteiger partial charge in [-0.1, -0.05) is 0 Å². The molecule has 1 aromatic rings. The quantitative estimate of drug-likeness (QED) is 0.595. The number of carbonyl (C=O) groups is 2. The van der Waals surface area contributed by atoms with Crippen molar-refractivity contribution in [3.05, 3.63) is 29.8 Å². The van der Waals surface area contributed by atoms with Gasteiger partial charge in [0.15, 0.2) is 11.4 Å². The normalized spacial score (nSPS) is 10.9. The fourth-order valence-corrected chi connectivity index (χ4v) is 1.40. The van der Waals surface area contributed by atoms with Crippen LogP contribution in [0.2, 0.25) is 0 Å². The smallest absolute Gasteiger partial charge is 0.349 e. The number of hydrogen-bond acceptors (Lipinski definition) is 4. The second-order valence-electron chi connectivity index (χ2n) is 4.41. The van der Waals surface area contributed by atoms with Crippen molar-refractivity contribution < 1.29 is 19.1 Å². The van der Waals surface area contributed by atoms with Crippen molar-refractivity contribution in [2.75, 3.05) is 6.61 Å². The van der Waals surface area contributed by atoms with Crippen LogP contribution in [0.5, 0.6) is 5.75 Å². The number of ether oxygens (including phenoxy) is 2. The second-order valence-corrected chi connectivity index (χ2v) is 4.41. The minimum absolute atomic E-state index is 0.00815. The van der Waals surface area contributed by atoms with Gasteiger partial charge in [-0.05, 0) is 52.0 Å². The molecule has 0 aliphatic carbocycles. The van der Waals surface area contributed by atoms with Gasteiger partial charge >= 0.3 is 5.97 Å². The summed E-state index contributed by atoms with van der Waals surface area (Å²) in [4.78, 5) is 22.8. The zero-order valence-corrected chi connectivity index (χ0v) is 11.1. The third-order valence-corrected chi connectivity index (χ3v) is 2.40. The van der Waals surface area contributed by atoms with Gasteiger partial charge in [0.25, 0.3) is 0 Å². The van der Waals surface area contributed by atoms with Crippen molar-refractivity contribution in [2.24, 2.45) is 0 Å². The lowest BCUT2D eigenvalue weighted by Crippen LogP contribution is -2.39. The van der Waals surface area contributed by atoms with Gasteiger partial charge in [-0.25, -0.2) is 4.79 Å². The molecule has 0 saturated heterocycles. The average Bonchev–Trinajstić information content (AvgIpc) is 2.29. The lowest BCUT2D eigenvalue weighted by atomic mass is 10.1. The topological polar surface area (TPSA) is 52.6 Å². The van der Waals surface area contributed by atoms with Crippen LogP contribution in [0.15, 0.2) is 24.3 Å². The molecule has 0 aliphatic heterocycles. The Balaban J connectivity index is 2.78. The molecule has 0 radical (unpaired) electrons. The number of benzene rings is 1. The molecule has 0 bridgehead atoms. The first-order valence-corrected chi connectivity index (χ1v) is 5.84. The Morgan fingerprint density at radius 1 is 1.17 bits per heavy atom. The van der Waals surface area contributed by atoms with Gasteiger partial charge in [0.2, 0.25) is 0 Å². The van der Waals surface area contributed by atoms with Crippen molar-refractivity contribution in [1.29, 1.82) is 0 Å². The molecule has 0 aromatic heterocycles. The maximum atomic E-state index is 11.6. The fourth-order valence-electron chi connectivity index (χ4n) is 1.40. The van der Waals surface area contributed by atoms with Gasteiger partial charge in [-0.3, -0.25) is 4.79 Å². The van der Waals surface area contributed by atoms with E-state index in [1.165, 1.54) is 6.92 Å². The van der Waals surface area contributed by atoms with Crippen molar-refractivity contribution in [3.63, 3.8) is 0 Å². The summed E-state index contributed by atoms with van der Waals surface area (Å²) in [5.74, 6) is 0.102. The predicted molar refractivity (Wildman–Crippen MR) is 67.8 cm³/mol. The van der Waals surface area contributed by atoms with Crippen molar-refractivity contribution >= 4 is 11.8 Å². The number of rotatable bonds is 5. The summed E-state index contributed by atoms with van der Waals surface area (Å²) in [5, 5.41) is 0. The highest BCUT2D eigenvalue weighted by Crippen LogP contribution is 2.20. The van der Waals surface area contributed by atoms with E-state index in [0.717, 1.165) is 0 Å². The van der Waals surface area contributed by atoms with Gasteiger partial charge in [-0.15, -0.1) is 0 Å². The molecule has 0 spiro atoms. The number of ketones is 1. The van der Waals surface area contributed by atoms with Crippen LogP contribution in [-0.4, -0.2) is 24.0 Å². The summed E-state index contributed by atoms with van der Waals surface area (Å²) in [6.45, 7) is 6.84. The molecule has 0 unspecified atom stereocenters. The molecule has 0 aliphatic rings. The standard InChI is InChI=1S/C14H18O4/c1-5-17-13(16)14(3,4)18-12-8-6-11(7-9-12)10(2)15/h6-9H,5H2,1-4H3. The molecule has 0 fully saturated rings. The number of carbonyl (C=O) groups excluding carboxylic acids is 2. The first kappa shape index (κ1) is 14.2. The van der Waals surface area contributed by atoms with Gasteiger partial charge < -0.3 is 9.47 Å². The van der Waals surface area contributed by atoms with Crippen LogP contribution in [0.25, 0.3) is 0 Å². The lowest BCUT2D eigenvalue weighted by Gasteiger charge is -2.24. The molecular formula is C14H18O4. The second kappa shape index (κ2) is 5.67. The highest BCUT2D eigenvalue weighted by atomic mass is 16.6. The van der Waals surface area contributed by atoms with E-state index < -0.39 is 11.6 Å². The maximum Gasteiger partial charge on any atom is 0.349 e. The van der Waals surface area contributed by atoms with Crippen molar-refractivity contribution in [1.82, 2.24) is 0 Å². The molecule has 4 heteroatoms. The van der Waals surface area contributed by atoms with Crippen LogP contribution >= 0.6 is 0 Å². The number of hydrogen-bond donors (Lipinski definition) is 0. The molecule has 1 aromatic carbocycles. The predicted octanol–water partition coefficient (Wildman–Crippen LogP) is 2.61. The maximum absolute atomic E-state index is 11.6. The number of esters is 1. The minimum atomic E-state index is -1.05. The van der Waals surface area contributed by atoms with Crippen LogP contribution in [-0.2, 0) is 9.53 Å². The third kappa shape index (κ3) is 3.58. The third-order valence-electron chi connectivity index (χ3n) is 2.40. The lowest BCUT2D eigenvalue weighted by molar-refractivity contribution is -0.158. The minimum Gasteiger partial charge on any atom is -0.476 e. The van der Waals surface area contributed by atoms with E-state index in [-0.39, 0.29) is 5.78 Å². The average molecular weight is 250 g/mol. The Morgan fingerprint density at radius 3 is 2.17 bits per heavy atom. The van der Waals surface area contributed by atoms with E-state index in [2.05, 4.69) is 0 Å². The molecule has 18 heavy (non-hydrogen) atoms. The largest absolute Gasteiger partial charge is 0.476 e. The van der Waals surface area contributed by atoms with Crippen LogP contribution in [0.1, 0.15) is 38.1 Å². The molecule has 0 atom stereocenters. The molecule has 0 amide bonds. The zero-order chi connectivity index (χ0) is 13.8. The summed E-state index contributed by atoms with van der Waals surface area (Å²) in [7, 11) is 0. The summed E-state index contributed by atoms with van der Waals surface area (Å²) in [6, 6.07) is 6.66. The fraction of sp³-hybridized carbons (Fsp3) is 0.429. The Kier molecular flexibility index (Phi) is 4.48. The van der Waals surface area contributed by atoms with Crippen LogP contribution < -0.4 is 4.74 Å². The highest BCUT2D eigenvalue weighted by molar-refractivity contribution is 5.94. The molecule has 98 valence electrons. The van der Waals surface area contributed by atoms with E-state index in [1.54, 1.807) is 45.0 Å². The summed E-state index contributed by atoms with van der Waals surface area (Å²) < 4.78 is 10.5. The summed E-state index contributed by atoms with van der Waals surface area (Å²) in [6.07, 6.45) is 0. The Morgan fingerprint density at radius 2 is 1.72 bits per heavy atom. The van der Waals surface area contributed by atoms with Crippen LogP contribution in [0.3, 0.4) is 0 Å². The first-order valence-electron chi connectivity index (χ1n) is 5.84. The van der Waals surface area contributed by atoms with Crippen molar-refractivity contribution in [3.8, 4) is 5.75 Å². The molecule has 1 rings (SSSR count). The Labute approximate surface area is 107 Å². The van der Waals surface area contributed by atoms with Gasteiger partial charge in [0, 0.05) is 5.56 Å². The monoisotopic (exact) mass is 250 g/mol. The van der Waals surface area contributed by atoms with Crippen molar-refractivity contribution in [2.45, 2.75) is 33.3 Å². The van der Waals surface area contributed by atoms with Crippen LogP contribution in [0, 0.1) is 0 Å². The van der Waals surface area contributed by atoms with E-state index >= 15 is 0 Å².